The number of hydrogen-bond acceptors (Lipinski definition) is 4. The quantitative estimate of drug-likeness (QED) is 0.375. The fraction of sp³-hybridized carbons (Fsp3) is 1.00. The topological polar surface area (TPSA) is 92.5 Å². The van der Waals surface area contributed by atoms with Crippen molar-refractivity contribution < 1.29 is 10.2 Å². The van der Waals surface area contributed by atoms with Crippen LogP contribution in [0.5, 0.6) is 0 Å². The predicted molar refractivity (Wildman–Crippen MR) is 39.1 cm³/mol. The Kier molecular flexibility index (Phi) is 3.81. The number of rotatable bonds is 4. The van der Waals surface area contributed by atoms with Crippen molar-refractivity contribution in [3.63, 3.8) is 0 Å². The monoisotopic (exact) mass is 148 g/mol. The summed E-state index contributed by atoms with van der Waals surface area (Å²) in [7, 11) is 0. The molecule has 62 valence electrons. The minimum atomic E-state index is -0.845. The number of nitrogens with two attached hydrogens (primary N) is 2. The Balaban J connectivity index is 3.64. The maximum Gasteiger partial charge on any atom is 0.0801 e. The Morgan fingerprint density at radius 2 is 2.00 bits per heavy atom. The molecule has 4 nitrogen and oxygen atoms in total. The largest absolute Gasteiger partial charge is 0.394 e. The molecule has 10 heavy (non-hydrogen) atoms. The highest BCUT2D eigenvalue weighted by molar-refractivity contribution is 4.77. The lowest BCUT2D eigenvalue weighted by atomic mass is 10.0. The molecule has 0 aromatic carbocycles. The molecule has 1 atom stereocenters. The first kappa shape index (κ1) is 9.84. The molecule has 0 heterocycles. The summed E-state index contributed by atoms with van der Waals surface area (Å²) in [5, 5.41) is 17.3. The molecular weight excluding hydrogens is 132 g/mol. The highest BCUT2D eigenvalue weighted by Gasteiger charge is 2.20. The fourth-order valence-electron chi connectivity index (χ4n) is 0.648. The van der Waals surface area contributed by atoms with Crippen molar-refractivity contribution in [2.75, 3.05) is 6.61 Å². The third-order valence-electron chi connectivity index (χ3n) is 1.48. The molecule has 0 aliphatic carbocycles. The van der Waals surface area contributed by atoms with Gasteiger partial charge in [0.05, 0.1) is 18.4 Å². The van der Waals surface area contributed by atoms with Crippen LogP contribution in [0, 0.1) is 0 Å². The van der Waals surface area contributed by atoms with Crippen LogP contribution in [0.4, 0.5) is 0 Å². The standard InChI is InChI=1S/C6H16N2O2/c1-2-6(7,8)3-5(10)4-9/h5,9-10H,2-4,7-8H2,1H3. The Morgan fingerprint density at radius 3 is 2.30 bits per heavy atom. The van der Waals surface area contributed by atoms with Gasteiger partial charge in [-0.15, -0.1) is 0 Å². The van der Waals surface area contributed by atoms with Gasteiger partial charge in [-0.3, -0.25) is 0 Å². The molecule has 0 aromatic rings. The summed E-state index contributed by atoms with van der Waals surface area (Å²) in [6.45, 7) is 1.56. The van der Waals surface area contributed by atoms with E-state index in [1.165, 1.54) is 0 Å². The van der Waals surface area contributed by atoms with Crippen molar-refractivity contribution in [1.82, 2.24) is 0 Å². The Morgan fingerprint density at radius 1 is 1.50 bits per heavy atom. The molecule has 0 fully saturated rings. The van der Waals surface area contributed by atoms with Crippen LogP contribution in [-0.2, 0) is 0 Å². The molecule has 0 bridgehead atoms. The van der Waals surface area contributed by atoms with Gasteiger partial charge < -0.3 is 21.7 Å². The van der Waals surface area contributed by atoms with Crippen molar-refractivity contribution in [1.29, 1.82) is 0 Å². The van der Waals surface area contributed by atoms with E-state index in [2.05, 4.69) is 0 Å². The van der Waals surface area contributed by atoms with Gasteiger partial charge in [-0.1, -0.05) is 6.92 Å². The lowest BCUT2D eigenvalue weighted by Gasteiger charge is -2.24. The van der Waals surface area contributed by atoms with Gasteiger partial charge in [-0.2, -0.15) is 0 Å². The summed E-state index contributed by atoms with van der Waals surface area (Å²) >= 11 is 0. The first-order valence-corrected chi connectivity index (χ1v) is 3.38. The van der Waals surface area contributed by atoms with Crippen LogP contribution in [0.15, 0.2) is 0 Å². The van der Waals surface area contributed by atoms with Crippen molar-refractivity contribution >= 4 is 0 Å². The van der Waals surface area contributed by atoms with E-state index in [0.717, 1.165) is 0 Å². The van der Waals surface area contributed by atoms with Crippen LogP contribution in [-0.4, -0.2) is 28.6 Å². The van der Waals surface area contributed by atoms with Crippen LogP contribution < -0.4 is 11.5 Å². The minimum absolute atomic E-state index is 0.236. The average molecular weight is 148 g/mol. The minimum Gasteiger partial charge on any atom is -0.394 e. The lowest BCUT2D eigenvalue weighted by molar-refractivity contribution is 0.0679. The van der Waals surface area contributed by atoms with E-state index in [9.17, 15) is 0 Å². The zero-order valence-corrected chi connectivity index (χ0v) is 6.25. The smallest absolute Gasteiger partial charge is 0.0801 e. The molecule has 0 rings (SSSR count). The van der Waals surface area contributed by atoms with Crippen molar-refractivity contribution in [2.24, 2.45) is 11.5 Å². The van der Waals surface area contributed by atoms with E-state index in [0.29, 0.717) is 6.42 Å². The van der Waals surface area contributed by atoms with E-state index >= 15 is 0 Å². The van der Waals surface area contributed by atoms with Gasteiger partial charge in [0, 0.05) is 6.42 Å². The third kappa shape index (κ3) is 3.79. The van der Waals surface area contributed by atoms with E-state index in [-0.39, 0.29) is 13.0 Å². The molecule has 0 spiro atoms. The summed E-state index contributed by atoms with van der Waals surface area (Å²) in [4.78, 5) is 0. The van der Waals surface area contributed by atoms with Gasteiger partial charge in [0.15, 0.2) is 0 Å². The second kappa shape index (κ2) is 3.88. The van der Waals surface area contributed by atoms with Crippen molar-refractivity contribution in [3.8, 4) is 0 Å². The van der Waals surface area contributed by atoms with Gasteiger partial charge in [0.25, 0.3) is 0 Å². The van der Waals surface area contributed by atoms with E-state index in [1.54, 1.807) is 0 Å². The molecule has 0 saturated carbocycles. The molecule has 6 N–H and O–H groups in total. The maximum absolute atomic E-state index is 8.91. The second-order valence-electron chi connectivity index (χ2n) is 2.63. The molecule has 0 amide bonds. The van der Waals surface area contributed by atoms with Crippen LogP contribution >= 0.6 is 0 Å². The average Bonchev–Trinajstić information content (AvgIpc) is 1.87. The Hall–Kier alpha value is -0.160. The number of hydrogen-bond donors (Lipinski definition) is 4. The lowest BCUT2D eigenvalue weighted by Crippen LogP contribution is -2.51. The molecule has 0 saturated heterocycles. The summed E-state index contributed by atoms with van der Waals surface area (Å²) in [6.07, 6.45) is 0.0271. The SMILES string of the molecule is CCC(N)(N)CC(O)CO. The zero-order valence-electron chi connectivity index (χ0n) is 6.25. The predicted octanol–water partition coefficient (Wildman–Crippen LogP) is -1.25. The first-order chi connectivity index (χ1) is 4.52. The second-order valence-corrected chi connectivity index (χ2v) is 2.63. The highest BCUT2D eigenvalue weighted by Crippen LogP contribution is 2.06. The molecule has 0 aliphatic rings. The van der Waals surface area contributed by atoms with Gasteiger partial charge in [-0.05, 0) is 6.42 Å². The Labute approximate surface area is 60.8 Å². The van der Waals surface area contributed by atoms with Crippen LogP contribution in [0.3, 0.4) is 0 Å². The number of aliphatic hydroxyl groups excluding tert-OH is 2. The fourth-order valence-corrected chi connectivity index (χ4v) is 0.648. The van der Waals surface area contributed by atoms with E-state index in [1.807, 2.05) is 6.92 Å². The molecule has 4 heteroatoms. The zero-order chi connectivity index (χ0) is 8.20. The number of aliphatic hydroxyl groups is 2. The third-order valence-corrected chi connectivity index (χ3v) is 1.48. The van der Waals surface area contributed by atoms with Crippen LogP contribution in [0.2, 0.25) is 0 Å². The molecule has 0 radical (unpaired) electrons. The van der Waals surface area contributed by atoms with E-state index in [4.69, 9.17) is 21.7 Å². The molecule has 0 aliphatic heterocycles. The van der Waals surface area contributed by atoms with Gasteiger partial charge in [0.2, 0.25) is 0 Å². The van der Waals surface area contributed by atoms with Crippen LogP contribution in [0.25, 0.3) is 0 Å². The molecule has 1 unspecified atom stereocenters. The van der Waals surface area contributed by atoms with Crippen LogP contribution in [0.1, 0.15) is 19.8 Å². The highest BCUT2D eigenvalue weighted by atomic mass is 16.3. The van der Waals surface area contributed by atoms with Gasteiger partial charge in [-0.25, -0.2) is 0 Å². The normalized spacial score (nSPS) is 15.3. The van der Waals surface area contributed by atoms with Crippen molar-refractivity contribution in [2.45, 2.75) is 31.5 Å². The van der Waals surface area contributed by atoms with Gasteiger partial charge >= 0.3 is 0 Å². The molecule has 0 aromatic heterocycles. The summed E-state index contributed by atoms with van der Waals surface area (Å²) in [5.41, 5.74) is 10.2. The Bertz CT molecular complexity index is 95.7. The molecular formula is C6H16N2O2. The summed E-state index contributed by atoms with van der Waals surface area (Å²) < 4.78 is 0. The van der Waals surface area contributed by atoms with E-state index < -0.39 is 11.8 Å². The summed E-state index contributed by atoms with van der Waals surface area (Å²) in [5.74, 6) is 0. The van der Waals surface area contributed by atoms with Gasteiger partial charge in [0.1, 0.15) is 0 Å². The van der Waals surface area contributed by atoms with Crippen molar-refractivity contribution in [3.05, 3.63) is 0 Å². The first-order valence-electron chi connectivity index (χ1n) is 3.38. The maximum atomic E-state index is 8.91. The summed E-state index contributed by atoms with van der Waals surface area (Å²) in [6, 6.07) is 0.